The number of benzene rings is 18. The van der Waals surface area contributed by atoms with Crippen LogP contribution < -0.4 is 0 Å². The molecule has 24 aromatic rings. The van der Waals surface area contributed by atoms with Crippen molar-refractivity contribution in [1.29, 1.82) is 0 Å². The molecule has 0 unspecified atom stereocenters. The SMILES string of the molecule is CC1(C)c2ccccc2-c2nc(-c3ccc(-c4cccc5c4oc4ccccc45)cc3)nc(-c3cccc(-c4ccccc4)c3)c21.CC1(C)c2ccccc2-c2nc(-c3ccc(-c4cccc5c4sc4ccccc45)cc3)nc(-c3cccc(-c4ccccc4)c3)c21.CC1(C)c2ccccc2-c2nc(-c3ccc(-n4c5ccccc5c5ccccc54)cc3)nc(-c3cccc(-c4ccccc4)c3)c21. The number of aromatic nitrogens is 7. The molecule has 18 aromatic carbocycles. The van der Waals surface area contributed by atoms with Crippen LogP contribution in [0.5, 0.6) is 0 Å². The summed E-state index contributed by atoms with van der Waals surface area (Å²) < 4.78 is 11.3. The summed E-state index contributed by atoms with van der Waals surface area (Å²) >= 11 is 1.86. The van der Waals surface area contributed by atoms with Gasteiger partial charge in [0.2, 0.25) is 0 Å². The van der Waals surface area contributed by atoms with Crippen molar-refractivity contribution in [3.63, 3.8) is 0 Å². The molecule has 27 rings (SSSR count). The van der Waals surface area contributed by atoms with E-state index >= 15 is 0 Å². The van der Waals surface area contributed by atoms with E-state index in [1.54, 1.807) is 0 Å². The first-order valence-electron chi connectivity index (χ1n) is 47.4. The third-order valence-corrected chi connectivity index (χ3v) is 29.8. The fourth-order valence-electron chi connectivity index (χ4n) is 21.8. The fourth-order valence-corrected chi connectivity index (χ4v) is 23.0. The van der Waals surface area contributed by atoms with Crippen molar-refractivity contribution in [2.45, 2.75) is 57.8 Å². The summed E-state index contributed by atoms with van der Waals surface area (Å²) in [5.41, 5.74) is 39.7. The highest BCUT2D eigenvalue weighted by Gasteiger charge is 2.44. The molecular weight excluding hydrogens is 1700 g/mol. The van der Waals surface area contributed by atoms with Crippen LogP contribution in [0.4, 0.5) is 0 Å². The van der Waals surface area contributed by atoms with Gasteiger partial charge >= 0.3 is 0 Å². The van der Waals surface area contributed by atoms with Crippen LogP contribution in [0.2, 0.25) is 0 Å². The lowest BCUT2D eigenvalue weighted by Gasteiger charge is -2.24. The van der Waals surface area contributed by atoms with Crippen LogP contribution in [-0.4, -0.2) is 34.5 Å². The Morgan fingerprint density at radius 2 is 0.522 bits per heavy atom. The minimum Gasteiger partial charge on any atom is -0.455 e. The first-order valence-corrected chi connectivity index (χ1v) is 48.2. The number of thiophene rings is 1. The van der Waals surface area contributed by atoms with Gasteiger partial charge < -0.3 is 8.98 Å². The van der Waals surface area contributed by atoms with Crippen LogP contribution in [0.25, 0.3) is 227 Å². The molecule has 0 bridgehead atoms. The highest BCUT2D eigenvalue weighted by molar-refractivity contribution is 7.26. The molecular formula is C129H91N7OS. The monoisotopic (exact) mass is 1790 g/mol. The van der Waals surface area contributed by atoms with E-state index in [1.165, 1.54) is 137 Å². The van der Waals surface area contributed by atoms with Gasteiger partial charge in [0.1, 0.15) is 11.2 Å². The zero-order valence-corrected chi connectivity index (χ0v) is 77.9. The van der Waals surface area contributed by atoms with E-state index in [9.17, 15) is 0 Å². The van der Waals surface area contributed by atoms with Crippen molar-refractivity contribution in [2.24, 2.45) is 0 Å². The van der Waals surface area contributed by atoms with Crippen LogP contribution in [0, 0.1) is 0 Å². The molecule has 654 valence electrons. The maximum Gasteiger partial charge on any atom is 0.160 e. The molecule has 6 aromatic heterocycles. The average molecular weight is 1790 g/mol. The van der Waals surface area contributed by atoms with E-state index in [-0.39, 0.29) is 16.2 Å². The number of nitrogens with zero attached hydrogens (tertiary/aromatic N) is 7. The molecule has 8 nitrogen and oxygen atoms in total. The highest BCUT2D eigenvalue weighted by atomic mass is 32.1. The Morgan fingerprint density at radius 3 is 0.964 bits per heavy atom. The van der Waals surface area contributed by atoms with Gasteiger partial charge in [-0.05, 0) is 133 Å². The van der Waals surface area contributed by atoms with Crippen LogP contribution in [0.1, 0.15) is 74.9 Å². The van der Waals surface area contributed by atoms with E-state index in [1.807, 2.05) is 23.5 Å². The van der Waals surface area contributed by atoms with Crippen molar-refractivity contribution in [2.75, 3.05) is 0 Å². The number of hydrogen-bond acceptors (Lipinski definition) is 8. The van der Waals surface area contributed by atoms with E-state index < -0.39 is 0 Å². The second kappa shape index (κ2) is 33.3. The highest BCUT2D eigenvalue weighted by Crippen LogP contribution is 2.56. The van der Waals surface area contributed by atoms with Crippen LogP contribution in [-0.2, 0) is 16.2 Å². The number of hydrogen-bond donors (Lipinski definition) is 0. The molecule has 0 fully saturated rings. The quantitative estimate of drug-likeness (QED) is 0.120. The molecule has 0 atom stereocenters. The lowest BCUT2D eigenvalue weighted by molar-refractivity contribution is 0.657. The van der Waals surface area contributed by atoms with Gasteiger partial charge in [0.05, 0.1) is 45.2 Å². The maximum atomic E-state index is 6.34. The van der Waals surface area contributed by atoms with Gasteiger partial charge in [0.25, 0.3) is 0 Å². The Morgan fingerprint density at radius 1 is 0.217 bits per heavy atom. The maximum absolute atomic E-state index is 6.34. The van der Waals surface area contributed by atoms with Crippen molar-refractivity contribution in [3.05, 3.63) is 476 Å². The molecule has 0 spiro atoms. The second-order valence-electron chi connectivity index (χ2n) is 37.8. The van der Waals surface area contributed by atoms with E-state index in [0.29, 0.717) is 0 Å². The molecule has 0 N–H and O–H groups in total. The summed E-state index contributed by atoms with van der Waals surface area (Å²) in [5, 5.41) is 7.41. The molecule has 138 heavy (non-hydrogen) atoms. The number of fused-ring (bicyclic) bond motifs is 18. The standard InChI is InChI=1S/C43H31N3.C43H30N2O.C43H30N2S/c1-43(2)36-20-9-6-19-35(36)41-39(43)40(31-16-12-15-30(27-31)28-13-4-3-5-14-28)44-42(45-41)29-23-25-32(26-24-29)46-37-21-10-7-17-33(37)34-18-8-11-22-38(34)46;2*1-43(2)36-20-8-6-17-35(36)40-38(43)39(31-15-10-14-30(26-31)27-12-4-3-5-13-27)44-42(45-40)29-24-22-28(23-25-29)32-18-11-19-34-33-16-7-9-21-37(33)46-41(32)34/h3-27H,1-2H3;2*3-26H,1-2H3. The van der Waals surface area contributed by atoms with Gasteiger partial charge in [-0.3, -0.25) is 0 Å². The fraction of sp³-hybridized carbons (Fsp3) is 0.0698. The van der Waals surface area contributed by atoms with Gasteiger partial charge in [-0.1, -0.05) is 418 Å². The molecule has 0 saturated heterocycles. The third-order valence-electron chi connectivity index (χ3n) is 28.6. The van der Waals surface area contributed by atoms with Gasteiger partial charge in [-0.25, -0.2) is 29.9 Å². The Hall–Kier alpha value is -17.0. The van der Waals surface area contributed by atoms with Crippen LogP contribution in [0.15, 0.2) is 447 Å². The first-order chi connectivity index (χ1) is 67.7. The summed E-state index contributed by atoms with van der Waals surface area (Å²) in [6, 6.07) is 157. The van der Waals surface area contributed by atoms with Crippen molar-refractivity contribution < 1.29 is 4.42 Å². The Balaban J connectivity index is 0.000000110. The molecule has 0 saturated carbocycles. The minimum atomic E-state index is -0.238. The molecule has 9 heteroatoms. The summed E-state index contributed by atoms with van der Waals surface area (Å²) in [7, 11) is 0. The zero-order chi connectivity index (χ0) is 92.5. The van der Waals surface area contributed by atoms with Gasteiger partial charge in [-0.2, -0.15) is 0 Å². The predicted molar refractivity (Wildman–Crippen MR) is 573 cm³/mol. The number of rotatable bonds is 12. The van der Waals surface area contributed by atoms with Gasteiger partial charge in [0.15, 0.2) is 17.5 Å². The molecule has 3 aliphatic rings. The summed E-state index contributed by atoms with van der Waals surface area (Å²) in [6.45, 7) is 13.8. The molecule has 0 radical (unpaired) electrons. The van der Waals surface area contributed by atoms with E-state index in [4.69, 9.17) is 34.3 Å². The van der Waals surface area contributed by atoms with E-state index in [2.05, 4.69) is 477 Å². The third kappa shape index (κ3) is 14.0. The molecule has 6 heterocycles. The summed E-state index contributed by atoms with van der Waals surface area (Å²) in [4.78, 5) is 32.0. The number of furan rings is 1. The molecule has 3 aliphatic carbocycles. The lowest BCUT2D eigenvalue weighted by Crippen LogP contribution is -2.17. The predicted octanol–water partition coefficient (Wildman–Crippen LogP) is 34.1. The Bertz CT molecular complexity index is 8550. The average Bonchev–Trinajstić information content (AvgIpc) is 1.56. The molecule has 0 amide bonds. The minimum absolute atomic E-state index is 0.227. The smallest absolute Gasteiger partial charge is 0.160 e. The topological polar surface area (TPSA) is 95.4 Å². The second-order valence-corrected chi connectivity index (χ2v) is 38.9. The van der Waals surface area contributed by atoms with Crippen molar-refractivity contribution in [3.8, 4) is 163 Å². The van der Waals surface area contributed by atoms with Crippen LogP contribution in [0.3, 0.4) is 0 Å². The summed E-state index contributed by atoms with van der Waals surface area (Å²) in [6.07, 6.45) is 0. The lowest BCUT2D eigenvalue weighted by atomic mass is 9.80. The Kier molecular flexibility index (Phi) is 20.0. The van der Waals surface area contributed by atoms with Crippen molar-refractivity contribution in [1.82, 2.24) is 34.5 Å². The van der Waals surface area contributed by atoms with Crippen molar-refractivity contribution >= 4 is 75.3 Å². The normalized spacial score (nSPS) is 13.2. The number of para-hydroxylation sites is 4. The van der Waals surface area contributed by atoms with Gasteiger partial charge in [-0.15, -0.1) is 11.3 Å². The Labute approximate surface area is 805 Å². The van der Waals surface area contributed by atoms with Gasteiger partial charge in [0, 0.05) is 136 Å². The first kappa shape index (κ1) is 82.9. The molecule has 0 aliphatic heterocycles. The van der Waals surface area contributed by atoms with E-state index in [0.717, 1.165) is 124 Å². The zero-order valence-electron chi connectivity index (χ0n) is 77.1. The largest absolute Gasteiger partial charge is 0.455 e. The van der Waals surface area contributed by atoms with Crippen LogP contribution >= 0.6 is 11.3 Å². The summed E-state index contributed by atoms with van der Waals surface area (Å²) in [5.74, 6) is 2.21.